The molecule has 0 aromatic carbocycles. The molecule has 0 aromatic heterocycles. The molecular formula is C13H29IN4O2. The Kier molecular flexibility index (Phi) is 10.5. The lowest BCUT2D eigenvalue weighted by Crippen LogP contribution is -2.47. The Bertz CT molecular complexity index is 282. The maximum absolute atomic E-state index is 5.36. The fraction of sp³-hybridized carbons (Fsp3) is 0.923. The Morgan fingerprint density at radius 3 is 2.50 bits per heavy atom. The molecule has 0 unspecified atom stereocenters. The third-order valence-corrected chi connectivity index (χ3v) is 3.28. The van der Waals surface area contributed by atoms with Gasteiger partial charge in [0.15, 0.2) is 5.96 Å². The molecule has 0 bridgehead atoms. The highest BCUT2D eigenvalue weighted by molar-refractivity contribution is 14.0. The zero-order valence-corrected chi connectivity index (χ0v) is 15.4. The van der Waals surface area contributed by atoms with Gasteiger partial charge in [-0.05, 0) is 13.8 Å². The minimum absolute atomic E-state index is 0. The van der Waals surface area contributed by atoms with E-state index in [9.17, 15) is 0 Å². The van der Waals surface area contributed by atoms with E-state index in [0.29, 0.717) is 0 Å². The smallest absolute Gasteiger partial charge is 0.191 e. The van der Waals surface area contributed by atoms with Gasteiger partial charge in [0, 0.05) is 46.9 Å². The summed E-state index contributed by atoms with van der Waals surface area (Å²) in [6.07, 6.45) is 0. The van der Waals surface area contributed by atoms with Crippen molar-refractivity contribution in [2.75, 3.05) is 60.1 Å². The number of morpholine rings is 1. The predicted molar refractivity (Wildman–Crippen MR) is 93.1 cm³/mol. The number of nitrogens with one attached hydrogen (secondary N) is 2. The first kappa shape index (κ1) is 19.9. The van der Waals surface area contributed by atoms with Crippen LogP contribution in [0.15, 0.2) is 4.99 Å². The second-order valence-corrected chi connectivity index (χ2v) is 5.27. The number of ether oxygens (including phenoxy) is 2. The molecule has 0 aliphatic carbocycles. The summed E-state index contributed by atoms with van der Waals surface area (Å²) in [7, 11) is 3.50. The first-order valence-electron chi connectivity index (χ1n) is 6.87. The normalized spacial score (nSPS) is 17.5. The fourth-order valence-electron chi connectivity index (χ4n) is 1.75. The molecule has 1 heterocycles. The lowest BCUT2D eigenvalue weighted by molar-refractivity contribution is 0.0267. The number of nitrogens with zero attached hydrogens (tertiary/aromatic N) is 2. The Morgan fingerprint density at radius 1 is 1.30 bits per heavy atom. The Labute approximate surface area is 139 Å². The molecule has 1 aliphatic heterocycles. The first-order chi connectivity index (χ1) is 9.07. The van der Waals surface area contributed by atoms with E-state index >= 15 is 0 Å². The van der Waals surface area contributed by atoms with Crippen LogP contribution in [0.25, 0.3) is 0 Å². The molecule has 0 radical (unpaired) electrons. The molecule has 1 aliphatic rings. The van der Waals surface area contributed by atoms with Crippen LogP contribution in [-0.2, 0) is 9.47 Å². The summed E-state index contributed by atoms with van der Waals surface area (Å²) < 4.78 is 10.7. The highest BCUT2D eigenvalue weighted by atomic mass is 127. The molecule has 6 nitrogen and oxygen atoms in total. The maximum Gasteiger partial charge on any atom is 0.191 e. The topological polar surface area (TPSA) is 58.1 Å². The van der Waals surface area contributed by atoms with E-state index in [1.165, 1.54) is 0 Å². The first-order valence-corrected chi connectivity index (χ1v) is 6.87. The van der Waals surface area contributed by atoms with Crippen LogP contribution in [0, 0.1) is 0 Å². The van der Waals surface area contributed by atoms with Gasteiger partial charge in [-0.2, -0.15) is 0 Å². The van der Waals surface area contributed by atoms with Crippen molar-refractivity contribution in [1.82, 2.24) is 15.5 Å². The van der Waals surface area contributed by atoms with E-state index in [4.69, 9.17) is 9.47 Å². The number of aliphatic imine (C=N–C) groups is 1. The molecule has 0 spiro atoms. The molecule has 0 atom stereocenters. The second kappa shape index (κ2) is 10.6. The molecule has 7 heteroatoms. The number of methoxy groups -OCH3 is 1. The van der Waals surface area contributed by atoms with Crippen LogP contribution in [0.2, 0.25) is 0 Å². The number of hydrogen-bond donors (Lipinski definition) is 2. The van der Waals surface area contributed by atoms with E-state index < -0.39 is 0 Å². The maximum atomic E-state index is 5.36. The molecule has 0 aromatic rings. The van der Waals surface area contributed by atoms with Gasteiger partial charge in [0.25, 0.3) is 0 Å². The highest BCUT2D eigenvalue weighted by Crippen LogP contribution is 2.04. The summed E-state index contributed by atoms with van der Waals surface area (Å²) in [5.74, 6) is 0.818. The van der Waals surface area contributed by atoms with Gasteiger partial charge in [0.1, 0.15) is 0 Å². The Morgan fingerprint density at radius 2 is 1.95 bits per heavy atom. The molecule has 2 N–H and O–H groups in total. The molecule has 0 saturated carbocycles. The van der Waals surface area contributed by atoms with Crippen molar-refractivity contribution >= 4 is 29.9 Å². The van der Waals surface area contributed by atoms with Crippen molar-refractivity contribution in [1.29, 1.82) is 0 Å². The fourth-order valence-corrected chi connectivity index (χ4v) is 1.75. The third-order valence-electron chi connectivity index (χ3n) is 3.28. The van der Waals surface area contributed by atoms with Gasteiger partial charge in [-0.1, -0.05) is 0 Å². The molecule has 120 valence electrons. The van der Waals surface area contributed by atoms with E-state index in [0.717, 1.165) is 51.9 Å². The third kappa shape index (κ3) is 8.23. The average Bonchev–Trinajstić information content (AvgIpc) is 2.43. The van der Waals surface area contributed by atoms with Crippen LogP contribution >= 0.6 is 24.0 Å². The van der Waals surface area contributed by atoms with E-state index in [1.807, 2.05) is 13.8 Å². The highest BCUT2D eigenvalue weighted by Gasteiger charge is 2.16. The van der Waals surface area contributed by atoms with Gasteiger partial charge in [0.2, 0.25) is 0 Å². The van der Waals surface area contributed by atoms with Crippen LogP contribution in [0.1, 0.15) is 13.8 Å². The number of halogens is 1. The van der Waals surface area contributed by atoms with Crippen molar-refractivity contribution < 1.29 is 9.47 Å². The van der Waals surface area contributed by atoms with Gasteiger partial charge < -0.3 is 20.1 Å². The number of rotatable bonds is 6. The minimum Gasteiger partial charge on any atom is -0.379 e. The van der Waals surface area contributed by atoms with Crippen molar-refractivity contribution in [3.63, 3.8) is 0 Å². The number of guanidine groups is 1. The summed E-state index contributed by atoms with van der Waals surface area (Å²) in [5.41, 5.74) is -0.193. The lowest BCUT2D eigenvalue weighted by Gasteiger charge is -2.27. The zero-order chi connectivity index (χ0) is 14.1. The van der Waals surface area contributed by atoms with Crippen LogP contribution in [-0.4, -0.2) is 76.6 Å². The standard InChI is InChI=1S/C13H28N4O2.HI/c1-13(2,18-4)11-16-12(14-3)15-5-6-17-7-9-19-10-8-17;/h5-11H2,1-4H3,(H2,14,15,16);1H. The summed E-state index contributed by atoms with van der Waals surface area (Å²) in [6.45, 7) is 10.4. The SMILES string of the molecule is CN=C(NCCN1CCOCC1)NCC(C)(C)OC.I. The minimum atomic E-state index is -0.193. The summed E-state index contributed by atoms with van der Waals surface area (Å²) in [6, 6.07) is 0. The molecule has 20 heavy (non-hydrogen) atoms. The van der Waals surface area contributed by atoms with Crippen LogP contribution < -0.4 is 10.6 Å². The van der Waals surface area contributed by atoms with Crippen LogP contribution in [0.3, 0.4) is 0 Å². The molecular weight excluding hydrogens is 371 g/mol. The monoisotopic (exact) mass is 400 g/mol. The van der Waals surface area contributed by atoms with Gasteiger partial charge in [-0.15, -0.1) is 24.0 Å². The summed E-state index contributed by atoms with van der Waals surface area (Å²) in [5, 5.41) is 6.58. The van der Waals surface area contributed by atoms with Crippen molar-refractivity contribution in [2.45, 2.75) is 19.4 Å². The van der Waals surface area contributed by atoms with E-state index in [2.05, 4.69) is 20.5 Å². The van der Waals surface area contributed by atoms with Crippen molar-refractivity contribution in [3.8, 4) is 0 Å². The van der Waals surface area contributed by atoms with Gasteiger partial charge in [-0.3, -0.25) is 9.89 Å². The average molecular weight is 400 g/mol. The van der Waals surface area contributed by atoms with Gasteiger partial charge in [-0.25, -0.2) is 0 Å². The predicted octanol–water partition coefficient (Wildman–Crippen LogP) is 0.527. The lowest BCUT2D eigenvalue weighted by atomic mass is 10.1. The van der Waals surface area contributed by atoms with Crippen molar-refractivity contribution in [2.24, 2.45) is 4.99 Å². The van der Waals surface area contributed by atoms with E-state index in [1.54, 1.807) is 14.2 Å². The van der Waals surface area contributed by atoms with E-state index in [-0.39, 0.29) is 29.6 Å². The van der Waals surface area contributed by atoms with Gasteiger partial charge in [0.05, 0.1) is 18.8 Å². The largest absolute Gasteiger partial charge is 0.379 e. The Balaban J connectivity index is 0.00000361. The quantitative estimate of drug-likeness (QED) is 0.387. The van der Waals surface area contributed by atoms with Crippen LogP contribution in [0.5, 0.6) is 0 Å². The molecule has 0 amide bonds. The number of hydrogen-bond acceptors (Lipinski definition) is 4. The van der Waals surface area contributed by atoms with Crippen molar-refractivity contribution in [3.05, 3.63) is 0 Å². The zero-order valence-electron chi connectivity index (χ0n) is 13.1. The molecule has 1 fully saturated rings. The molecule has 1 rings (SSSR count). The second-order valence-electron chi connectivity index (χ2n) is 5.27. The van der Waals surface area contributed by atoms with Crippen LogP contribution in [0.4, 0.5) is 0 Å². The summed E-state index contributed by atoms with van der Waals surface area (Å²) >= 11 is 0. The Hall–Kier alpha value is -0.120. The molecule has 1 saturated heterocycles. The van der Waals surface area contributed by atoms with Gasteiger partial charge >= 0.3 is 0 Å². The summed E-state index contributed by atoms with van der Waals surface area (Å²) in [4.78, 5) is 6.60.